The van der Waals surface area contributed by atoms with Gasteiger partial charge in [0.1, 0.15) is 17.1 Å². The molecule has 0 unspecified atom stereocenters. The lowest BCUT2D eigenvalue weighted by Crippen LogP contribution is -2.45. The van der Waals surface area contributed by atoms with Crippen LogP contribution in [-0.4, -0.2) is 61.1 Å². The van der Waals surface area contributed by atoms with Gasteiger partial charge in [-0.3, -0.25) is 9.69 Å². The molecule has 8 heteroatoms. The maximum Gasteiger partial charge on any atom is 0.341 e. The first-order valence-electron chi connectivity index (χ1n) is 12.0. The van der Waals surface area contributed by atoms with E-state index in [1.165, 1.54) is 7.11 Å². The van der Waals surface area contributed by atoms with E-state index in [-0.39, 0.29) is 11.9 Å². The van der Waals surface area contributed by atoms with Gasteiger partial charge in [0.25, 0.3) is 5.91 Å². The van der Waals surface area contributed by atoms with Crippen molar-refractivity contribution in [1.82, 2.24) is 20.4 Å². The average molecular weight is 475 g/mol. The van der Waals surface area contributed by atoms with Crippen LogP contribution in [-0.2, 0) is 9.53 Å². The molecule has 0 spiro atoms. The van der Waals surface area contributed by atoms with Crippen molar-refractivity contribution in [1.29, 1.82) is 0 Å². The quantitative estimate of drug-likeness (QED) is 0.443. The minimum atomic E-state index is -0.393. The Morgan fingerprint density at radius 2 is 1.97 bits per heavy atom. The van der Waals surface area contributed by atoms with Gasteiger partial charge in [0.15, 0.2) is 0 Å². The number of piperidine rings is 1. The van der Waals surface area contributed by atoms with Crippen molar-refractivity contribution >= 4 is 11.9 Å². The molecular weight excluding hydrogens is 444 g/mol. The maximum atomic E-state index is 12.9. The summed E-state index contributed by atoms with van der Waals surface area (Å²) in [5, 5.41) is 6.46. The SMILES string of the molecule is COC(=O)c1ccccc1OCCCN1CCC(NC(=O)C2=CC3=CNC4=CC=CC(=C2)N34)CC1. The number of rotatable bonds is 8. The lowest BCUT2D eigenvalue weighted by Gasteiger charge is -2.33. The first kappa shape index (κ1) is 23.0. The topological polar surface area (TPSA) is 83.1 Å². The number of likely N-dealkylation sites (tertiary alicyclic amines) is 1. The van der Waals surface area contributed by atoms with Crippen molar-refractivity contribution in [3.8, 4) is 5.75 Å². The summed E-state index contributed by atoms with van der Waals surface area (Å²) in [6.07, 6.45) is 14.5. The highest BCUT2D eigenvalue weighted by Crippen LogP contribution is 2.33. The first-order valence-corrected chi connectivity index (χ1v) is 12.0. The Balaban J connectivity index is 1.05. The van der Waals surface area contributed by atoms with Crippen molar-refractivity contribution in [2.45, 2.75) is 25.3 Å². The van der Waals surface area contributed by atoms with Crippen molar-refractivity contribution < 1.29 is 19.1 Å². The molecular formula is C27H30N4O4. The van der Waals surface area contributed by atoms with E-state index in [4.69, 9.17) is 9.47 Å². The fourth-order valence-corrected chi connectivity index (χ4v) is 4.76. The van der Waals surface area contributed by atoms with Crippen LogP contribution in [0.4, 0.5) is 0 Å². The third kappa shape index (κ3) is 5.02. The highest BCUT2D eigenvalue weighted by atomic mass is 16.5. The number of esters is 1. The summed E-state index contributed by atoms with van der Waals surface area (Å²) in [6, 6.07) is 7.31. The zero-order chi connectivity index (χ0) is 24.2. The van der Waals surface area contributed by atoms with E-state index < -0.39 is 5.97 Å². The number of nitrogens with zero attached hydrogens (tertiary/aromatic N) is 2. The van der Waals surface area contributed by atoms with Crippen LogP contribution in [0, 0.1) is 0 Å². The second-order valence-corrected chi connectivity index (χ2v) is 8.91. The second-order valence-electron chi connectivity index (χ2n) is 8.91. The molecule has 1 aromatic rings. The van der Waals surface area contributed by atoms with Gasteiger partial charge in [-0.05, 0) is 55.7 Å². The number of ether oxygens (including phenoxy) is 2. The normalized spacial score (nSPS) is 19.1. The van der Waals surface area contributed by atoms with Crippen molar-refractivity contribution in [2.24, 2.45) is 0 Å². The molecule has 1 amide bonds. The molecule has 5 rings (SSSR count). The van der Waals surface area contributed by atoms with Crippen molar-refractivity contribution in [2.75, 3.05) is 33.4 Å². The minimum absolute atomic E-state index is 0.0226. The molecule has 4 aliphatic heterocycles. The van der Waals surface area contributed by atoms with E-state index >= 15 is 0 Å². The molecule has 2 N–H and O–H groups in total. The maximum absolute atomic E-state index is 12.9. The minimum Gasteiger partial charge on any atom is -0.493 e. The molecule has 1 aromatic carbocycles. The predicted octanol–water partition coefficient (Wildman–Crippen LogP) is 2.80. The molecule has 4 heterocycles. The molecule has 0 saturated carbocycles. The number of allylic oxidation sites excluding steroid dienone is 4. The van der Waals surface area contributed by atoms with E-state index in [1.54, 1.807) is 18.2 Å². The summed E-state index contributed by atoms with van der Waals surface area (Å²) in [6.45, 7) is 3.31. The van der Waals surface area contributed by atoms with Gasteiger partial charge in [0, 0.05) is 43.1 Å². The summed E-state index contributed by atoms with van der Waals surface area (Å²) in [7, 11) is 1.37. The largest absolute Gasteiger partial charge is 0.493 e. The summed E-state index contributed by atoms with van der Waals surface area (Å²) in [4.78, 5) is 29.3. The molecule has 0 radical (unpaired) electrons. The van der Waals surface area contributed by atoms with Gasteiger partial charge in [-0.1, -0.05) is 18.2 Å². The Kier molecular flexibility index (Phi) is 6.72. The number of carbonyl (C=O) groups is 2. The summed E-state index contributed by atoms with van der Waals surface area (Å²) in [5.74, 6) is 1.15. The van der Waals surface area contributed by atoms with E-state index in [2.05, 4.69) is 20.4 Å². The molecule has 182 valence electrons. The molecule has 8 nitrogen and oxygen atoms in total. The molecule has 1 fully saturated rings. The predicted molar refractivity (Wildman–Crippen MR) is 132 cm³/mol. The van der Waals surface area contributed by atoms with Crippen LogP contribution in [0.25, 0.3) is 0 Å². The highest BCUT2D eigenvalue weighted by Gasteiger charge is 2.29. The van der Waals surface area contributed by atoms with Gasteiger partial charge in [-0.25, -0.2) is 4.79 Å². The number of hydrogen-bond donors (Lipinski definition) is 2. The van der Waals surface area contributed by atoms with Gasteiger partial charge in [-0.2, -0.15) is 0 Å². The number of hydrogen-bond acceptors (Lipinski definition) is 7. The van der Waals surface area contributed by atoms with Crippen LogP contribution in [0.5, 0.6) is 5.75 Å². The average Bonchev–Trinajstić information content (AvgIpc) is 3.31. The Morgan fingerprint density at radius 1 is 1.14 bits per heavy atom. The molecule has 0 bridgehead atoms. The Labute approximate surface area is 205 Å². The fraction of sp³-hybridized carbons (Fsp3) is 0.333. The zero-order valence-electron chi connectivity index (χ0n) is 19.8. The van der Waals surface area contributed by atoms with Crippen LogP contribution in [0.2, 0.25) is 0 Å². The molecule has 0 aromatic heterocycles. The monoisotopic (exact) mass is 474 g/mol. The van der Waals surface area contributed by atoms with Crippen LogP contribution in [0.1, 0.15) is 29.6 Å². The van der Waals surface area contributed by atoms with Gasteiger partial charge >= 0.3 is 5.97 Å². The van der Waals surface area contributed by atoms with Gasteiger partial charge in [0.2, 0.25) is 0 Å². The number of methoxy groups -OCH3 is 1. The summed E-state index contributed by atoms with van der Waals surface area (Å²) < 4.78 is 10.6. The number of carbonyl (C=O) groups excluding carboxylic acids is 2. The van der Waals surface area contributed by atoms with Crippen LogP contribution >= 0.6 is 0 Å². The van der Waals surface area contributed by atoms with Crippen molar-refractivity contribution in [3.05, 3.63) is 89.2 Å². The summed E-state index contributed by atoms with van der Waals surface area (Å²) in [5.41, 5.74) is 3.11. The van der Waals surface area contributed by atoms with E-state index in [1.807, 2.05) is 42.6 Å². The zero-order valence-corrected chi connectivity index (χ0v) is 19.8. The third-order valence-corrected chi connectivity index (χ3v) is 6.61. The molecule has 0 aliphatic carbocycles. The first-order chi connectivity index (χ1) is 17.1. The van der Waals surface area contributed by atoms with Crippen LogP contribution < -0.4 is 15.4 Å². The van der Waals surface area contributed by atoms with E-state index in [9.17, 15) is 9.59 Å². The lowest BCUT2D eigenvalue weighted by atomic mass is 10.0. The van der Waals surface area contributed by atoms with Gasteiger partial charge in [0.05, 0.1) is 19.4 Å². The number of para-hydroxylation sites is 1. The Morgan fingerprint density at radius 3 is 2.80 bits per heavy atom. The third-order valence-electron chi connectivity index (χ3n) is 6.61. The van der Waals surface area contributed by atoms with Gasteiger partial charge < -0.3 is 25.0 Å². The summed E-state index contributed by atoms with van der Waals surface area (Å²) >= 11 is 0. The van der Waals surface area contributed by atoms with Gasteiger partial charge in [-0.15, -0.1) is 0 Å². The smallest absolute Gasteiger partial charge is 0.341 e. The van der Waals surface area contributed by atoms with Crippen molar-refractivity contribution in [3.63, 3.8) is 0 Å². The highest BCUT2D eigenvalue weighted by molar-refractivity contribution is 5.97. The van der Waals surface area contributed by atoms with E-state index in [0.29, 0.717) is 23.5 Å². The van der Waals surface area contributed by atoms with E-state index in [0.717, 1.165) is 56.1 Å². The number of benzene rings is 1. The Bertz CT molecular complexity index is 1160. The molecule has 4 aliphatic rings. The molecule has 0 atom stereocenters. The Hall–Kier alpha value is -3.78. The second kappa shape index (κ2) is 10.2. The number of amides is 1. The van der Waals surface area contributed by atoms with Crippen LogP contribution in [0.15, 0.2) is 83.6 Å². The molecule has 1 saturated heterocycles. The molecule has 35 heavy (non-hydrogen) atoms. The van der Waals surface area contributed by atoms with Crippen LogP contribution in [0.3, 0.4) is 0 Å². The standard InChI is InChI=1S/C27H30N4O4/c1-34-27(33)23-7-2-3-8-24(23)35-15-5-12-30-13-10-20(11-14-30)29-26(32)19-16-21-6-4-9-25-28-18-22(17-19)31(21)25/h2-4,6-9,16-18,20,28H,5,10-15H2,1H3,(H,29,32). The lowest BCUT2D eigenvalue weighted by molar-refractivity contribution is -0.118. The number of nitrogens with one attached hydrogen (secondary N) is 2. The fourth-order valence-electron chi connectivity index (χ4n) is 4.76.